The summed E-state index contributed by atoms with van der Waals surface area (Å²) in [5, 5.41) is 2.87. The maximum absolute atomic E-state index is 12.8. The van der Waals surface area contributed by atoms with Gasteiger partial charge in [0.2, 0.25) is 5.91 Å². The van der Waals surface area contributed by atoms with E-state index in [1.54, 1.807) is 0 Å². The fourth-order valence-electron chi connectivity index (χ4n) is 3.49. The summed E-state index contributed by atoms with van der Waals surface area (Å²) in [7, 11) is 0. The first-order valence-electron chi connectivity index (χ1n) is 8.60. The molecule has 0 aliphatic heterocycles. The Morgan fingerprint density at radius 3 is 2.50 bits per heavy atom. The molecule has 1 amide bonds. The molecule has 0 aromatic heterocycles. The number of Topliss-reactive ketones (excluding diaryl/α,β-unsaturated/α-hetero) is 2. The van der Waals surface area contributed by atoms with E-state index in [1.165, 1.54) is 0 Å². The van der Waals surface area contributed by atoms with Gasteiger partial charge in [0.05, 0.1) is 0 Å². The summed E-state index contributed by atoms with van der Waals surface area (Å²) in [5.74, 6) is -1.54. The lowest BCUT2D eigenvalue weighted by Gasteiger charge is -2.21. The summed E-state index contributed by atoms with van der Waals surface area (Å²) in [4.78, 5) is 37.5. The van der Waals surface area contributed by atoms with Crippen LogP contribution in [0.4, 0.5) is 0 Å². The second-order valence-corrected chi connectivity index (χ2v) is 7.71. The van der Waals surface area contributed by atoms with Crippen molar-refractivity contribution in [3.63, 3.8) is 0 Å². The minimum absolute atomic E-state index is 0.0578. The van der Waals surface area contributed by atoms with Crippen molar-refractivity contribution < 1.29 is 14.4 Å². The van der Waals surface area contributed by atoms with Gasteiger partial charge in [-0.3, -0.25) is 14.4 Å². The standard InChI is InChI=1S/C20H27NO3/c1-6-13-9-7-8-12(2)17(13)18-15(22)10-14(19(18)24)11-16(23)21-20(3,4)5/h7-9,14,18H,6,10-11H2,1-5H3,(H,21,23). The highest BCUT2D eigenvalue weighted by Gasteiger charge is 2.44. The molecular formula is C20H27NO3. The number of carbonyl (C=O) groups excluding carboxylic acids is 3. The predicted octanol–water partition coefficient (Wildman–Crippen LogP) is 3.10. The Morgan fingerprint density at radius 2 is 1.92 bits per heavy atom. The average molecular weight is 329 g/mol. The zero-order valence-corrected chi connectivity index (χ0v) is 15.2. The summed E-state index contributed by atoms with van der Waals surface area (Å²) < 4.78 is 0. The highest BCUT2D eigenvalue weighted by molar-refractivity contribution is 6.15. The van der Waals surface area contributed by atoms with Crippen LogP contribution in [0.15, 0.2) is 18.2 Å². The molecular weight excluding hydrogens is 302 g/mol. The molecule has 1 aliphatic rings. The number of rotatable bonds is 4. The molecule has 2 atom stereocenters. The maximum atomic E-state index is 12.8. The van der Waals surface area contributed by atoms with Gasteiger partial charge in [0.25, 0.3) is 0 Å². The van der Waals surface area contributed by atoms with E-state index >= 15 is 0 Å². The van der Waals surface area contributed by atoms with Crippen molar-refractivity contribution in [1.82, 2.24) is 5.32 Å². The van der Waals surface area contributed by atoms with Gasteiger partial charge in [-0.05, 0) is 50.8 Å². The van der Waals surface area contributed by atoms with E-state index in [4.69, 9.17) is 0 Å². The Morgan fingerprint density at radius 1 is 1.25 bits per heavy atom. The lowest BCUT2D eigenvalue weighted by molar-refractivity contribution is -0.129. The van der Waals surface area contributed by atoms with Gasteiger partial charge < -0.3 is 5.32 Å². The third kappa shape index (κ3) is 3.92. The van der Waals surface area contributed by atoms with E-state index < -0.39 is 11.8 Å². The number of hydrogen-bond acceptors (Lipinski definition) is 3. The highest BCUT2D eigenvalue weighted by atomic mass is 16.2. The van der Waals surface area contributed by atoms with Crippen LogP contribution in [0, 0.1) is 12.8 Å². The van der Waals surface area contributed by atoms with E-state index in [0.29, 0.717) is 0 Å². The Bertz CT molecular complexity index is 670. The molecule has 0 saturated heterocycles. The van der Waals surface area contributed by atoms with Gasteiger partial charge in [-0.1, -0.05) is 25.1 Å². The van der Waals surface area contributed by atoms with Crippen LogP contribution < -0.4 is 5.32 Å². The average Bonchev–Trinajstić information content (AvgIpc) is 2.71. The first kappa shape index (κ1) is 18.4. The first-order chi connectivity index (χ1) is 11.1. The van der Waals surface area contributed by atoms with Gasteiger partial charge in [0.1, 0.15) is 11.7 Å². The normalized spacial score (nSPS) is 21.2. The smallest absolute Gasteiger partial charge is 0.221 e. The molecule has 2 unspecified atom stereocenters. The molecule has 1 fully saturated rings. The van der Waals surface area contributed by atoms with Crippen LogP contribution >= 0.6 is 0 Å². The van der Waals surface area contributed by atoms with Gasteiger partial charge >= 0.3 is 0 Å². The molecule has 2 rings (SSSR count). The third-order valence-corrected chi connectivity index (χ3v) is 4.49. The number of ketones is 2. The number of carbonyl (C=O) groups is 3. The van der Waals surface area contributed by atoms with Crippen molar-refractivity contribution in [2.75, 3.05) is 0 Å². The summed E-state index contributed by atoms with van der Waals surface area (Å²) in [6, 6.07) is 5.87. The van der Waals surface area contributed by atoms with Gasteiger partial charge in [0.15, 0.2) is 5.78 Å². The Kier molecular flexibility index (Phi) is 5.26. The van der Waals surface area contributed by atoms with E-state index in [1.807, 2.05) is 52.8 Å². The van der Waals surface area contributed by atoms with Crippen molar-refractivity contribution >= 4 is 17.5 Å². The van der Waals surface area contributed by atoms with E-state index in [-0.39, 0.29) is 35.9 Å². The summed E-state index contributed by atoms with van der Waals surface area (Å²) in [6.07, 6.45) is 1.04. The van der Waals surface area contributed by atoms with Crippen LogP contribution in [0.2, 0.25) is 0 Å². The third-order valence-electron chi connectivity index (χ3n) is 4.49. The van der Waals surface area contributed by atoms with Crippen LogP contribution in [0.3, 0.4) is 0 Å². The van der Waals surface area contributed by atoms with Crippen molar-refractivity contribution in [3.8, 4) is 0 Å². The molecule has 4 nitrogen and oxygen atoms in total. The summed E-state index contributed by atoms with van der Waals surface area (Å²) >= 11 is 0. The zero-order chi connectivity index (χ0) is 18.1. The van der Waals surface area contributed by atoms with E-state index in [9.17, 15) is 14.4 Å². The SMILES string of the molecule is CCc1cccc(C)c1C1C(=O)CC(CC(=O)NC(C)(C)C)C1=O. The summed E-state index contributed by atoms with van der Waals surface area (Å²) in [6.45, 7) is 9.66. The number of nitrogens with one attached hydrogen (secondary N) is 1. The minimum Gasteiger partial charge on any atom is -0.351 e. The van der Waals surface area contributed by atoms with E-state index in [0.717, 1.165) is 23.1 Å². The fourth-order valence-corrected chi connectivity index (χ4v) is 3.49. The number of aryl methyl sites for hydroxylation is 2. The first-order valence-corrected chi connectivity index (χ1v) is 8.60. The Labute approximate surface area is 144 Å². The lowest BCUT2D eigenvalue weighted by atomic mass is 9.86. The maximum Gasteiger partial charge on any atom is 0.221 e. The molecule has 0 bridgehead atoms. The minimum atomic E-state index is -0.700. The monoisotopic (exact) mass is 329 g/mol. The molecule has 1 N–H and O–H groups in total. The van der Waals surface area contributed by atoms with Crippen LogP contribution in [0.1, 0.15) is 63.1 Å². The molecule has 0 spiro atoms. The van der Waals surface area contributed by atoms with Crippen LogP contribution in [-0.4, -0.2) is 23.0 Å². The number of amides is 1. The Hall–Kier alpha value is -1.97. The van der Waals surface area contributed by atoms with Gasteiger partial charge in [-0.25, -0.2) is 0 Å². The van der Waals surface area contributed by atoms with Crippen molar-refractivity contribution in [3.05, 3.63) is 34.9 Å². The quantitative estimate of drug-likeness (QED) is 0.863. The van der Waals surface area contributed by atoms with Crippen molar-refractivity contribution in [1.29, 1.82) is 0 Å². The molecule has 130 valence electrons. The van der Waals surface area contributed by atoms with Gasteiger partial charge in [0, 0.05) is 24.3 Å². The van der Waals surface area contributed by atoms with E-state index in [2.05, 4.69) is 5.32 Å². The fraction of sp³-hybridized carbons (Fsp3) is 0.550. The summed E-state index contributed by atoms with van der Waals surface area (Å²) in [5.41, 5.74) is 2.53. The van der Waals surface area contributed by atoms with Crippen LogP contribution in [-0.2, 0) is 20.8 Å². The number of benzene rings is 1. The van der Waals surface area contributed by atoms with Crippen molar-refractivity contribution in [2.24, 2.45) is 5.92 Å². The van der Waals surface area contributed by atoms with Gasteiger partial charge in [-0.2, -0.15) is 0 Å². The second kappa shape index (κ2) is 6.88. The molecule has 24 heavy (non-hydrogen) atoms. The molecule has 0 heterocycles. The Balaban J connectivity index is 2.23. The molecule has 4 heteroatoms. The largest absolute Gasteiger partial charge is 0.351 e. The zero-order valence-electron chi connectivity index (χ0n) is 15.2. The molecule has 0 radical (unpaired) electrons. The topological polar surface area (TPSA) is 63.2 Å². The van der Waals surface area contributed by atoms with Gasteiger partial charge in [-0.15, -0.1) is 0 Å². The van der Waals surface area contributed by atoms with Crippen LogP contribution in [0.5, 0.6) is 0 Å². The molecule has 1 aliphatic carbocycles. The number of hydrogen-bond donors (Lipinski definition) is 1. The molecule has 1 aromatic carbocycles. The van der Waals surface area contributed by atoms with Crippen molar-refractivity contribution in [2.45, 2.75) is 65.3 Å². The predicted molar refractivity (Wildman–Crippen MR) is 93.9 cm³/mol. The highest BCUT2D eigenvalue weighted by Crippen LogP contribution is 2.37. The molecule has 1 aromatic rings. The second-order valence-electron chi connectivity index (χ2n) is 7.71. The van der Waals surface area contributed by atoms with Crippen LogP contribution in [0.25, 0.3) is 0 Å². The molecule has 1 saturated carbocycles. The lowest BCUT2D eigenvalue weighted by Crippen LogP contribution is -2.41.